The minimum Gasteiger partial charge on any atom is -0.486 e. The first-order chi connectivity index (χ1) is 9.74. The Labute approximate surface area is 120 Å². The molecule has 0 radical (unpaired) electrons. The van der Waals surface area contributed by atoms with Gasteiger partial charge in [-0.15, -0.1) is 0 Å². The van der Waals surface area contributed by atoms with E-state index in [2.05, 4.69) is 17.9 Å². The van der Waals surface area contributed by atoms with Gasteiger partial charge in [0.25, 0.3) is 0 Å². The lowest BCUT2D eigenvalue weighted by molar-refractivity contribution is 0.0482. The highest BCUT2D eigenvalue weighted by molar-refractivity contribution is 5.43. The number of nitrogens with two attached hydrogens (primary N) is 1. The molecular weight excluding hydrogens is 252 g/mol. The van der Waals surface area contributed by atoms with Gasteiger partial charge in [-0.25, -0.2) is 0 Å². The van der Waals surface area contributed by atoms with E-state index in [4.69, 9.17) is 15.2 Å². The van der Waals surface area contributed by atoms with Crippen molar-refractivity contribution in [3.05, 3.63) is 23.8 Å². The number of piperidine rings is 1. The van der Waals surface area contributed by atoms with Gasteiger partial charge in [-0.05, 0) is 63.0 Å². The average molecular weight is 276 g/mol. The smallest absolute Gasteiger partial charge is 0.161 e. The molecule has 4 heteroatoms. The molecule has 4 nitrogen and oxygen atoms in total. The van der Waals surface area contributed by atoms with Gasteiger partial charge in [0.15, 0.2) is 11.5 Å². The summed E-state index contributed by atoms with van der Waals surface area (Å²) in [6.45, 7) is 6.74. The Bertz CT molecular complexity index is 456. The normalized spacial score (nSPS) is 23.8. The fourth-order valence-corrected chi connectivity index (χ4v) is 3.00. The summed E-state index contributed by atoms with van der Waals surface area (Å²) in [7, 11) is 0. The van der Waals surface area contributed by atoms with E-state index in [-0.39, 0.29) is 6.10 Å². The molecule has 1 atom stereocenters. The van der Waals surface area contributed by atoms with Crippen molar-refractivity contribution in [2.24, 2.45) is 11.7 Å². The third kappa shape index (κ3) is 3.07. The van der Waals surface area contributed by atoms with Crippen molar-refractivity contribution in [2.45, 2.75) is 25.9 Å². The highest BCUT2D eigenvalue weighted by atomic mass is 16.6. The SMILES string of the molecule is Cc1ccc2c(c1)OCC(CN1CCC(CN)CC1)O2. The van der Waals surface area contributed by atoms with Gasteiger partial charge >= 0.3 is 0 Å². The molecule has 1 fully saturated rings. The van der Waals surface area contributed by atoms with Gasteiger partial charge < -0.3 is 15.2 Å². The van der Waals surface area contributed by atoms with Crippen LogP contribution in [0.4, 0.5) is 0 Å². The highest BCUT2D eigenvalue weighted by Gasteiger charge is 2.25. The van der Waals surface area contributed by atoms with Crippen molar-refractivity contribution in [1.29, 1.82) is 0 Å². The van der Waals surface area contributed by atoms with Crippen LogP contribution >= 0.6 is 0 Å². The minimum atomic E-state index is 0.139. The summed E-state index contributed by atoms with van der Waals surface area (Å²) in [6.07, 6.45) is 2.55. The van der Waals surface area contributed by atoms with Crippen LogP contribution in [-0.2, 0) is 0 Å². The summed E-state index contributed by atoms with van der Waals surface area (Å²) in [4.78, 5) is 2.47. The van der Waals surface area contributed by atoms with E-state index < -0.39 is 0 Å². The number of fused-ring (bicyclic) bond motifs is 1. The molecule has 0 spiro atoms. The number of rotatable bonds is 3. The number of ether oxygens (including phenoxy) is 2. The Hall–Kier alpha value is -1.26. The van der Waals surface area contributed by atoms with Gasteiger partial charge in [-0.2, -0.15) is 0 Å². The summed E-state index contributed by atoms with van der Waals surface area (Å²) in [5.41, 5.74) is 6.94. The first-order valence-electron chi connectivity index (χ1n) is 7.57. The summed E-state index contributed by atoms with van der Waals surface area (Å²) in [5.74, 6) is 2.46. The maximum absolute atomic E-state index is 6.05. The molecule has 0 bridgehead atoms. The molecule has 1 saturated heterocycles. The largest absolute Gasteiger partial charge is 0.486 e. The van der Waals surface area contributed by atoms with E-state index in [0.29, 0.717) is 12.5 Å². The Morgan fingerprint density at radius 2 is 2.05 bits per heavy atom. The second kappa shape index (κ2) is 6.02. The molecule has 1 unspecified atom stereocenters. The summed E-state index contributed by atoms with van der Waals surface area (Å²) >= 11 is 0. The van der Waals surface area contributed by atoms with Crippen LogP contribution in [0.1, 0.15) is 18.4 Å². The van der Waals surface area contributed by atoms with E-state index in [1.165, 1.54) is 18.4 Å². The van der Waals surface area contributed by atoms with Crippen molar-refractivity contribution in [3.8, 4) is 11.5 Å². The van der Waals surface area contributed by atoms with Crippen molar-refractivity contribution in [2.75, 3.05) is 32.8 Å². The number of benzene rings is 1. The Morgan fingerprint density at radius 1 is 1.25 bits per heavy atom. The van der Waals surface area contributed by atoms with Crippen LogP contribution < -0.4 is 15.2 Å². The molecule has 110 valence electrons. The Kier molecular flexibility index (Phi) is 4.13. The number of nitrogens with zero attached hydrogens (tertiary/aromatic N) is 1. The summed E-state index contributed by atoms with van der Waals surface area (Å²) in [6, 6.07) is 6.12. The molecule has 1 aromatic carbocycles. The maximum Gasteiger partial charge on any atom is 0.161 e. The van der Waals surface area contributed by atoms with Crippen LogP contribution in [0, 0.1) is 12.8 Å². The quantitative estimate of drug-likeness (QED) is 0.914. The summed E-state index contributed by atoms with van der Waals surface area (Å²) < 4.78 is 11.9. The number of likely N-dealkylation sites (tertiary alicyclic amines) is 1. The predicted molar refractivity (Wildman–Crippen MR) is 79.3 cm³/mol. The molecule has 0 aromatic heterocycles. The third-order valence-electron chi connectivity index (χ3n) is 4.32. The van der Waals surface area contributed by atoms with Gasteiger partial charge in [0.2, 0.25) is 0 Å². The van der Waals surface area contributed by atoms with Gasteiger partial charge in [-0.3, -0.25) is 4.90 Å². The monoisotopic (exact) mass is 276 g/mol. The van der Waals surface area contributed by atoms with Crippen molar-refractivity contribution >= 4 is 0 Å². The zero-order valence-electron chi connectivity index (χ0n) is 12.2. The Morgan fingerprint density at radius 3 is 2.80 bits per heavy atom. The molecule has 0 aliphatic carbocycles. The van der Waals surface area contributed by atoms with E-state index in [1.54, 1.807) is 0 Å². The molecule has 2 aliphatic heterocycles. The molecule has 2 aliphatic rings. The lowest BCUT2D eigenvalue weighted by Crippen LogP contribution is -2.44. The van der Waals surface area contributed by atoms with E-state index in [0.717, 1.165) is 37.7 Å². The number of hydrogen-bond acceptors (Lipinski definition) is 4. The van der Waals surface area contributed by atoms with Gasteiger partial charge in [-0.1, -0.05) is 6.07 Å². The maximum atomic E-state index is 6.05. The fourth-order valence-electron chi connectivity index (χ4n) is 3.00. The highest BCUT2D eigenvalue weighted by Crippen LogP contribution is 2.32. The number of aryl methyl sites for hydroxylation is 1. The standard InChI is InChI=1S/C16H24N2O2/c1-12-2-3-15-16(8-12)19-11-14(20-15)10-18-6-4-13(9-17)5-7-18/h2-3,8,13-14H,4-7,9-11,17H2,1H3. The van der Waals surface area contributed by atoms with Crippen molar-refractivity contribution < 1.29 is 9.47 Å². The zero-order chi connectivity index (χ0) is 13.9. The molecule has 3 rings (SSSR count). The van der Waals surface area contributed by atoms with E-state index in [1.807, 2.05) is 12.1 Å². The van der Waals surface area contributed by atoms with Gasteiger partial charge in [0, 0.05) is 6.54 Å². The molecule has 20 heavy (non-hydrogen) atoms. The predicted octanol–water partition coefficient (Wildman–Crippen LogP) is 1.81. The van der Waals surface area contributed by atoms with Crippen LogP contribution in [-0.4, -0.2) is 43.8 Å². The number of hydrogen-bond donors (Lipinski definition) is 1. The second-order valence-electron chi connectivity index (χ2n) is 5.98. The molecular formula is C16H24N2O2. The van der Waals surface area contributed by atoms with E-state index in [9.17, 15) is 0 Å². The molecule has 0 amide bonds. The van der Waals surface area contributed by atoms with Crippen molar-refractivity contribution in [3.63, 3.8) is 0 Å². The van der Waals surface area contributed by atoms with Crippen LogP contribution in [0.25, 0.3) is 0 Å². The Balaban J connectivity index is 1.54. The minimum absolute atomic E-state index is 0.139. The van der Waals surface area contributed by atoms with Crippen LogP contribution in [0.15, 0.2) is 18.2 Å². The molecule has 1 aromatic rings. The van der Waals surface area contributed by atoms with Crippen molar-refractivity contribution in [1.82, 2.24) is 4.90 Å². The van der Waals surface area contributed by atoms with Gasteiger partial charge in [0.05, 0.1) is 0 Å². The lowest BCUT2D eigenvalue weighted by atomic mass is 9.97. The first-order valence-corrected chi connectivity index (χ1v) is 7.57. The van der Waals surface area contributed by atoms with Crippen LogP contribution in [0.3, 0.4) is 0 Å². The van der Waals surface area contributed by atoms with E-state index >= 15 is 0 Å². The first kappa shape index (κ1) is 13.7. The molecule has 2 heterocycles. The average Bonchev–Trinajstić information content (AvgIpc) is 2.48. The van der Waals surface area contributed by atoms with Gasteiger partial charge in [0.1, 0.15) is 12.7 Å². The fraction of sp³-hybridized carbons (Fsp3) is 0.625. The zero-order valence-corrected chi connectivity index (χ0v) is 12.2. The van der Waals surface area contributed by atoms with Crippen LogP contribution in [0.5, 0.6) is 11.5 Å². The third-order valence-corrected chi connectivity index (χ3v) is 4.32. The molecule has 2 N–H and O–H groups in total. The van der Waals surface area contributed by atoms with Crippen LogP contribution in [0.2, 0.25) is 0 Å². The molecule has 0 saturated carbocycles. The lowest BCUT2D eigenvalue weighted by Gasteiger charge is -2.35. The summed E-state index contributed by atoms with van der Waals surface area (Å²) in [5, 5.41) is 0. The topological polar surface area (TPSA) is 47.7 Å². The second-order valence-corrected chi connectivity index (χ2v) is 5.98.